The molecule has 118 valence electrons. The van der Waals surface area contributed by atoms with E-state index < -0.39 is 0 Å². The summed E-state index contributed by atoms with van der Waals surface area (Å²) in [5.74, 6) is 2.39. The first-order valence-electron chi connectivity index (χ1n) is 7.87. The number of amides is 1. The largest absolute Gasteiger partial charge is 0.465 e. The van der Waals surface area contributed by atoms with Crippen LogP contribution in [0.2, 0.25) is 0 Å². The molecule has 5 heteroatoms. The number of hydrogen-bond donors (Lipinski definition) is 2. The Morgan fingerprint density at radius 3 is 2.82 bits per heavy atom. The summed E-state index contributed by atoms with van der Waals surface area (Å²) in [6.45, 7) is 8.54. The monoisotopic (exact) mass is 301 g/mol. The number of anilines is 1. The van der Waals surface area contributed by atoms with Crippen LogP contribution in [0.25, 0.3) is 0 Å². The van der Waals surface area contributed by atoms with Gasteiger partial charge in [-0.15, -0.1) is 0 Å². The molecule has 1 aliphatic rings. The minimum Gasteiger partial charge on any atom is -0.465 e. The van der Waals surface area contributed by atoms with Crippen LogP contribution in [-0.2, 0) is 16.6 Å². The van der Waals surface area contributed by atoms with Gasteiger partial charge < -0.3 is 9.73 Å². The lowest BCUT2D eigenvalue weighted by atomic mass is 9.81. The molecule has 2 aromatic heterocycles. The van der Waals surface area contributed by atoms with Gasteiger partial charge in [0.25, 0.3) is 0 Å². The molecular weight excluding hydrogens is 278 g/mol. The van der Waals surface area contributed by atoms with Gasteiger partial charge in [0.1, 0.15) is 11.5 Å². The maximum absolute atomic E-state index is 12.0. The number of carbonyl (C=O) groups excluding carboxylic acids is 1. The second-order valence-electron chi connectivity index (χ2n) is 6.97. The first-order valence-corrected chi connectivity index (χ1v) is 7.87. The third kappa shape index (κ3) is 2.56. The van der Waals surface area contributed by atoms with Crippen molar-refractivity contribution in [2.24, 2.45) is 0 Å². The number of carbonyl (C=O) groups is 1. The zero-order valence-corrected chi connectivity index (χ0v) is 13.6. The summed E-state index contributed by atoms with van der Waals surface area (Å²) in [6, 6.07) is 4.01. The van der Waals surface area contributed by atoms with Crippen molar-refractivity contribution in [3.8, 4) is 0 Å². The highest BCUT2D eigenvalue weighted by Gasteiger charge is 2.36. The van der Waals surface area contributed by atoms with Crippen molar-refractivity contribution >= 4 is 11.7 Å². The highest BCUT2D eigenvalue weighted by Crippen LogP contribution is 2.42. The molecule has 3 heterocycles. The maximum Gasteiger partial charge on any atom is 0.226 e. The fourth-order valence-electron chi connectivity index (χ4n) is 3.03. The molecule has 3 rings (SSSR count). The van der Waals surface area contributed by atoms with E-state index in [1.807, 2.05) is 12.1 Å². The Morgan fingerprint density at radius 1 is 1.36 bits per heavy atom. The van der Waals surface area contributed by atoms with E-state index in [-0.39, 0.29) is 17.2 Å². The van der Waals surface area contributed by atoms with Crippen LogP contribution in [0, 0.1) is 0 Å². The number of H-pyrrole nitrogens is 1. The van der Waals surface area contributed by atoms with Crippen LogP contribution in [0.1, 0.15) is 69.2 Å². The van der Waals surface area contributed by atoms with E-state index in [4.69, 9.17) is 4.42 Å². The van der Waals surface area contributed by atoms with Crippen LogP contribution in [0.4, 0.5) is 5.82 Å². The van der Waals surface area contributed by atoms with Crippen molar-refractivity contribution in [3.63, 3.8) is 0 Å². The molecule has 0 saturated carbocycles. The van der Waals surface area contributed by atoms with Gasteiger partial charge in [0.2, 0.25) is 5.91 Å². The zero-order chi connectivity index (χ0) is 15.9. The van der Waals surface area contributed by atoms with Gasteiger partial charge in [-0.3, -0.25) is 9.89 Å². The predicted molar refractivity (Wildman–Crippen MR) is 85.1 cm³/mol. The van der Waals surface area contributed by atoms with E-state index in [2.05, 4.69) is 43.2 Å². The Balaban J connectivity index is 2.06. The summed E-state index contributed by atoms with van der Waals surface area (Å²) in [5.41, 5.74) is 2.05. The summed E-state index contributed by atoms with van der Waals surface area (Å²) < 4.78 is 5.98. The van der Waals surface area contributed by atoms with Crippen LogP contribution in [0.15, 0.2) is 16.5 Å². The van der Waals surface area contributed by atoms with Crippen LogP contribution in [-0.4, -0.2) is 16.1 Å². The summed E-state index contributed by atoms with van der Waals surface area (Å²) >= 11 is 0. The molecule has 0 radical (unpaired) electrons. The lowest BCUT2D eigenvalue weighted by Gasteiger charge is -2.25. The average Bonchev–Trinajstić information content (AvgIpc) is 3.03. The molecule has 0 fully saturated rings. The van der Waals surface area contributed by atoms with E-state index in [0.29, 0.717) is 12.2 Å². The van der Waals surface area contributed by atoms with Crippen molar-refractivity contribution in [2.75, 3.05) is 5.32 Å². The van der Waals surface area contributed by atoms with Gasteiger partial charge in [0, 0.05) is 29.5 Å². The van der Waals surface area contributed by atoms with Gasteiger partial charge in [-0.2, -0.15) is 5.10 Å². The topological polar surface area (TPSA) is 70.9 Å². The van der Waals surface area contributed by atoms with Crippen molar-refractivity contribution in [1.29, 1.82) is 0 Å². The first-order chi connectivity index (χ1) is 10.4. The number of nitrogens with zero attached hydrogens (tertiary/aromatic N) is 1. The Hall–Kier alpha value is -2.04. The van der Waals surface area contributed by atoms with E-state index in [1.165, 1.54) is 0 Å². The number of aromatic nitrogens is 2. The third-order valence-corrected chi connectivity index (χ3v) is 4.07. The fraction of sp³-hybridized carbons (Fsp3) is 0.529. The Bertz CT molecular complexity index is 691. The third-order valence-electron chi connectivity index (χ3n) is 4.07. The molecular formula is C17H23N3O2. The molecule has 2 N–H and O–H groups in total. The molecule has 5 nitrogen and oxygen atoms in total. The predicted octanol–water partition coefficient (Wildman–Crippen LogP) is 3.73. The molecule has 1 aliphatic heterocycles. The molecule has 22 heavy (non-hydrogen) atoms. The summed E-state index contributed by atoms with van der Waals surface area (Å²) in [4.78, 5) is 12.0. The second-order valence-corrected chi connectivity index (χ2v) is 6.97. The zero-order valence-electron chi connectivity index (χ0n) is 13.6. The molecule has 0 aliphatic carbocycles. The Morgan fingerprint density at radius 2 is 2.14 bits per heavy atom. The minimum atomic E-state index is -0.0697. The van der Waals surface area contributed by atoms with Gasteiger partial charge in [-0.1, -0.05) is 27.7 Å². The van der Waals surface area contributed by atoms with Crippen molar-refractivity contribution in [1.82, 2.24) is 10.2 Å². The highest BCUT2D eigenvalue weighted by molar-refractivity contribution is 5.94. The molecule has 0 aromatic carbocycles. The number of aryl methyl sites for hydroxylation is 1. The SMILES string of the molecule is CCCc1ccc(C2CC(=O)Nc3n[nH]c(C(C)(C)C)c32)o1. The highest BCUT2D eigenvalue weighted by atomic mass is 16.3. The molecule has 1 amide bonds. The maximum atomic E-state index is 12.0. The number of hydrogen-bond acceptors (Lipinski definition) is 3. The van der Waals surface area contributed by atoms with Crippen molar-refractivity contribution < 1.29 is 9.21 Å². The van der Waals surface area contributed by atoms with Crippen LogP contribution in [0.3, 0.4) is 0 Å². The normalized spacial score (nSPS) is 18.2. The van der Waals surface area contributed by atoms with Crippen LogP contribution < -0.4 is 5.32 Å². The smallest absolute Gasteiger partial charge is 0.226 e. The van der Waals surface area contributed by atoms with E-state index in [9.17, 15) is 4.79 Å². The van der Waals surface area contributed by atoms with Crippen LogP contribution in [0.5, 0.6) is 0 Å². The van der Waals surface area contributed by atoms with Gasteiger partial charge in [-0.25, -0.2) is 0 Å². The minimum absolute atomic E-state index is 0.0158. The molecule has 0 spiro atoms. The average molecular weight is 301 g/mol. The standard InChI is InChI=1S/C17H23N3O2/c1-5-6-10-7-8-12(22-10)11-9-13(21)18-16-14(11)15(19-20-16)17(2,3)4/h7-8,11H,5-6,9H2,1-4H3,(H2,18,19,20,21). The van der Waals surface area contributed by atoms with E-state index in [1.54, 1.807) is 0 Å². The molecule has 2 aromatic rings. The van der Waals surface area contributed by atoms with Gasteiger partial charge in [-0.05, 0) is 18.6 Å². The number of nitrogens with one attached hydrogen (secondary N) is 2. The molecule has 0 bridgehead atoms. The van der Waals surface area contributed by atoms with E-state index >= 15 is 0 Å². The lowest BCUT2D eigenvalue weighted by molar-refractivity contribution is -0.116. The Labute approximate surface area is 130 Å². The summed E-state index contributed by atoms with van der Waals surface area (Å²) in [5, 5.41) is 10.3. The number of rotatable bonds is 3. The van der Waals surface area contributed by atoms with Gasteiger partial charge in [0.15, 0.2) is 5.82 Å². The summed E-state index contributed by atoms with van der Waals surface area (Å²) in [6.07, 6.45) is 2.36. The molecule has 1 unspecified atom stereocenters. The second kappa shape index (κ2) is 5.30. The Kier molecular flexibility index (Phi) is 3.59. The van der Waals surface area contributed by atoms with E-state index in [0.717, 1.165) is 35.6 Å². The van der Waals surface area contributed by atoms with Crippen molar-refractivity contribution in [3.05, 3.63) is 34.9 Å². The molecule has 1 atom stereocenters. The molecule has 0 saturated heterocycles. The quantitative estimate of drug-likeness (QED) is 0.907. The van der Waals surface area contributed by atoms with Crippen LogP contribution >= 0.6 is 0 Å². The first kappa shape index (κ1) is 14.9. The number of aromatic amines is 1. The number of fused-ring (bicyclic) bond motifs is 1. The van der Waals surface area contributed by atoms with Gasteiger partial charge in [0.05, 0.1) is 5.92 Å². The number of furan rings is 1. The summed E-state index contributed by atoms with van der Waals surface area (Å²) in [7, 11) is 0. The van der Waals surface area contributed by atoms with Crippen molar-refractivity contribution in [2.45, 2.75) is 58.3 Å². The lowest BCUT2D eigenvalue weighted by Crippen LogP contribution is -2.25. The van der Waals surface area contributed by atoms with Gasteiger partial charge >= 0.3 is 0 Å². The fourth-order valence-corrected chi connectivity index (χ4v) is 3.03.